The molecular weight excluding hydrogens is 337 g/mol. The molecule has 0 saturated heterocycles. The molecule has 0 fully saturated rings. The molecule has 0 spiro atoms. The molecule has 0 saturated carbocycles. The lowest BCUT2D eigenvalue weighted by Crippen LogP contribution is -2.23. The lowest BCUT2D eigenvalue weighted by molar-refractivity contribution is 0.162. The van der Waals surface area contributed by atoms with Gasteiger partial charge >= 0.3 is 0 Å². The zero-order valence-corrected chi connectivity index (χ0v) is 13.7. The van der Waals surface area contributed by atoms with Crippen LogP contribution in [0.5, 0.6) is 0 Å². The summed E-state index contributed by atoms with van der Waals surface area (Å²) < 4.78 is 25.8. The molecule has 114 valence electrons. The standard InChI is InChI=1S/C16H19BrFNO2/c1-3-8-19-16(13-9-11(17)4-6-14(13)18)15-7-5-12(21-15)10-20-2/h4-7,9,16,19H,3,8,10H2,1-2H3. The smallest absolute Gasteiger partial charge is 0.129 e. The van der Waals surface area contributed by atoms with Crippen molar-refractivity contribution < 1.29 is 13.5 Å². The summed E-state index contributed by atoms with van der Waals surface area (Å²) in [5, 5.41) is 3.33. The number of halogens is 2. The molecular formula is C16H19BrFNO2. The maximum atomic E-state index is 14.2. The second-order valence-electron chi connectivity index (χ2n) is 4.79. The summed E-state index contributed by atoms with van der Waals surface area (Å²) in [6, 6.07) is 8.33. The normalized spacial score (nSPS) is 12.6. The van der Waals surface area contributed by atoms with E-state index >= 15 is 0 Å². The van der Waals surface area contributed by atoms with Crippen LogP contribution in [-0.4, -0.2) is 13.7 Å². The lowest BCUT2D eigenvalue weighted by atomic mass is 10.0. The molecule has 2 aromatic rings. The van der Waals surface area contributed by atoms with Crippen LogP contribution in [0.1, 0.15) is 36.5 Å². The van der Waals surface area contributed by atoms with E-state index in [0.29, 0.717) is 17.9 Å². The predicted molar refractivity (Wildman–Crippen MR) is 83.7 cm³/mol. The van der Waals surface area contributed by atoms with Crippen LogP contribution in [0, 0.1) is 5.82 Å². The number of ether oxygens (including phenoxy) is 1. The number of hydrogen-bond donors (Lipinski definition) is 1. The van der Waals surface area contributed by atoms with Crippen LogP contribution in [-0.2, 0) is 11.3 Å². The second kappa shape index (κ2) is 7.73. The first-order chi connectivity index (χ1) is 10.2. The first-order valence-corrected chi connectivity index (χ1v) is 7.71. The van der Waals surface area contributed by atoms with Crippen LogP contribution in [0.4, 0.5) is 4.39 Å². The Balaban J connectivity index is 2.34. The molecule has 0 radical (unpaired) electrons. The van der Waals surface area contributed by atoms with E-state index < -0.39 is 0 Å². The topological polar surface area (TPSA) is 34.4 Å². The fourth-order valence-corrected chi connectivity index (χ4v) is 2.54. The van der Waals surface area contributed by atoms with Crippen LogP contribution >= 0.6 is 15.9 Å². The number of furan rings is 1. The molecule has 21 heavy (non-hydrogen) atoms. The van der Waals surface area contributed by atoms with Gasteiger partial charge in [-0.25, -0.2) is 4.39 Å². The van der Waals surface area contributed by atoms with Crippen molar-refractivity contribution in [1.82, 2.24) is 5.32 Å². The molecule has 1 heterocycles. The Labute approximate surface area is 132 Å². The van der Waals surface area contributed by atoms with Gasteiger partial charge in [-0.2, -0.15) is 0 Å². The van der Waals surface area contributed by atoms with Gasteiger partial charge in [-0.1, -0.05) is 22.9 Å². The summed E-state index contributed by atoms with van der Waals surface area (Å²) in [5.41, 5.74) is 0.566. The molecule has 1 unspecified atom stereocenters. The first kappa shape index (κ1) is 16.2. The summed E-state index contributed by atoms with van der Waals surface area (Å²) in [6.45, 7) is 3.25. The third kappa shape index (κ3) is 4.15. The highest BCUT2D eigenvalue weighted by Gasteiger charge is 2.21. The summed E-state index contributed by atoms with van der Waals surface area (Å²) in [5.74, 6) is 1.16. The SMILES string of the molecule is CCCNC(c1ccc(COC)o1)c1cc(Br)ccc1F. The van der Waals surface area contributed by atoms with Crippen molar-refractivity contribution in [3.05, 3.63) is 57.7 Å². The van der Waals surface area contributed by atoms with Gasteiger partial charge in [0.05, 0.1) is 6.04 Å². The van der Waals surface area contributed by atoms with Crippen molar-refractivity contribution in [3.8, 4) is 0 Å². The molecule has 0 bridgehead atoms. The largest absolute Gasteiger partial charge is 0.462 e. The average molecular weight is 356 g/mol. The van der Waals surface area contributed by atoms with Crippen molar-refractivity contribution in [2.75, 3.05) is 13.7 Å². The Kier molecular flexibility index (Phi) is 5.96. The maximum Gasteiger partial charge on any atom is 0.129 e. The average Bonchev–Trinajstić information content (AvgIpc) is 2.92. The van der Waals surface area contributed by atoms with Crippen molar-refractivity contribution in [3.63, 3.8) is 0 Å². The molecule has 1 atom stereocenters. The molecule has 0 aliphatic heterocycles. The summed E-state index contributed by atoms with van der Waals surface area (Å²) in [4.78, 5) is 0. The van der Waals surface area contributed by atoms with Gasteiger partial charge in [0.1, 0.15) is 23.9 Å². The van der Waals surface area contributed by atoms with Gasteiger partial charge in [-0.05, 0) is 43.3 Å². The van der Waals surface area contributed by atoms with E-state index in [1.54, 1.807) is 19.2 Å². The quantitative estimate of drug-likeness (QED) is 0.798. The summed E-state index contributed by atoms with van der Waals surface area (Å²) in [7, 11) is 1.61. The minimum absolute atomic E-state index is 0.253. The molecule has 1 aromatic carbocycles. The molecule has 0 aliphatic rings. The van der Waals surface area contributed by atoms with E-state index in [-0.39, 0.29) is 11.9 Å². The molecule has 5 heteroatoms. The Morgan fingerprint density at radius 3 is 2.86 bits per heavy atom. The van der Waals surface area contributed by atoms with E-state index in [1.165, 1.54) is 6.07 Å². The van der Waals surface area contributed by atoms with E-state index in [2.05, 4.69) is 28.2 Å². The zero-order valence-electron chi connectivity index (χ0n) is 12.2. The monoisotopic (exact) mass is 355 g/mol. The maximum absolute atomic E-state index is 14.2. The fraction of sp³-hybridized carbons (Fsp3) is 0.375. The predicted octanol–water partition coefficient (Wildman–Crippen LogP) is 4.42. The third-order valence-corrected chi connectivity index (χ3v) is 3.61. The molecule has 3 nitrogen and oxygen atoms in total. The zero-order chi connectivity index (χ0) is 15.2. The van der Waals surface area contributed by atoms with Gasteiger partial charge in [-0.15, -0.1) is 0 Å². The highest BCUT2D eigenvalue weighted by atomic mass is 79.9. The number of nitrogens with one attached hydrogen (secondary N) is 1. The van der Waals surface area contributed by atoms with E-state index in [4.69, 9.17) is 9.15 Å². The Morgan fingerprint density at radius 1 is 1.33 bits per heavy atom. The third-order valence-electron chi connectivity index (χ3n) is 3.12. The number of hydrogen-bond acceptors (Lipinski definition) is 3. The first-order valence-electron chi connectivity index (χ1n) is 6.91. The molecule has 1 aromatic heterocycles. The minimum Gasteiger partial charge on any atom is -0.462 e. The van der Waals surface area contributed by atoms with Crippen molar-refractivity contribution in [2.45, 2.75) is 26.0 Å². The highest BCUT2D eigenvalue weighted by Crippen LogP contribution is 2.28. The Hall–Kier alpha value is -1.17. The molecule has 1 N–H and O–H groups in total. The van der Waals surface area contributed by atoms with Crippen LogP contribution in [0.25, 0.3) is 0 Å². The number of rotatable bonds is 7. The Morgan fingerprint density at radius 2 is 2.14 bits per heavy atom. The summed E-state index contributed by atoms with van der Waals surface area (Å²) in [6.07, 6.45) is 0.956. The van der Waals surface area contributed by atoms with Gasteiger partial charge in [0.15, 0.2) is 0 Å². The van der Waals surface area contributed by atoms with Gasteiger partial charge in [-0.3, -0.25) is 0 Å². The molecule has 2 rings (SSSR count). The molecule has 0 amide bonds. The van der Waals surface area contributed by atoms with Crippen molar-refractivity contribution in [2.24, 2.45) is 0 Å². The van der Waals surface area contributed by atoms with E-state index in [9.17, 15) is 4.39 Å². The lowest BCUT2D eigenvalue weighted by Gasteiger charge is -2.18. The van der Waals surface area contributed by atoms with Crippen LogP contribution in [0.3, 0.4) is 0 Å². The fourth-order valence-electron chi connectivity index (χ4n) is 2.16. The van der Waals surface area contributed by atoms with Gasteiger partial charge < -0.3 is 14.5 Å². The van der Waals surface area contributed by atoms with E-state index in [1.807, 2.05) is 12.1 Å². The van der Waals surface area contributed by atoms with Crippen LogP contribution < -0.4 is 5.32 Å². The van der Waals surface area contributed by atoms with Gasteiger partial charge in [0.2, 0.25) is 0 Å². The summed E-state index contributed by atoms with van der Waals surface area (Å²) >= 11 is 3.39. The minimum atomic E-state index is -0.312. The molecule has 0 aliphatic carbocycles. The van der Waals surface area contributed by atoms with Gasteiger partial charge in [0, 0.05) is 17.1 Å². The second-order valence-corrected chi connectivity index (χ2v) is 5.71. The number of benzene rings is 1. The number of methoxy groups -OCH3 is 1. The Bertz CT molecular complexity index is 585. The van der Waals surface area contributed by atoms with Crippen LogP contribution in [0.15, 0.2) is 39.2 Å². The highest BCUT2D eigenvalue weighted by molar-refractivity contribution is 9.10. The van der Waals surface area contributed by atoms with Gasteiger partial charge in [0.25, 0.3) is 0 Å². The van der Waals surface area contributed by atoms with Crippen molar-refractivity contribution in [1.29, 1.82) is 0 Å². The van der Waals surface area contributed by atoms with Crippen molar-refractivity contribution >= 4 is 15.9 Å². The van der Waals surface area contributed by atoms with E-state index in [0.717, 1.165) is 23.2 Å². The van der Waals surface area contributed by atoms with Crippen LogP contribution in [0.2, 0.25) is 0 Å².